The van der Waals surface area contributed by atoms with Gasteiger partial charge in [-0.15, -0.1) is 0 Å². The number of hydrogen-bond acceptors (Lipinski definition) is 3. The van der Waals surface area contributed by atoms with Crippen LogP contribution in [0.3, 0.4) is 0 Å². The fourth-order valence-corrected chi connectivity index (χ4v) is 3.32. The van der Waals surface area contributed by atoms with E-state index in [2.05, 4.69) is 5.32 Å². The van der Waals surface area contributed by atoms with Crippen LogP contribution in [0.4, 0.5) is 5.69 Å². The zero-order valence-electron chi connectivity index (χ0n) is 14.0. The molecular weight excluding hydrogens is 288 g/mol. The Morgan fingerprint density at radius 2 is 1.87 bits per heavy atom. The number of methoxy groups -OCH3 is 1. The number of hydrogen-bond donors (Lipinski definition) is 1. The third-order valence-corrected chi connectivity index (χ3v) is 4.38. The van der Waals surface area contributed by atoms with Crippen molar-refractivity contribution in [3.05, 3.63) is 59.7 Å². The molecule has 1 N–H and O–H groups in total. The van der Waals surface area contributed by atoms with Gasteiger partial charge in [0.05, 0.1) is 12.7 Å². The van der Waals surface area contributed by atoms with Crippen LogP contribution in [0.1, 0.15) is 36.7 Å². The Balaban J connectivity index is 2.17. The van der Waals surface area contributed by atoms with Gasteiger partial charge >= 0.3 is 0 Å². The van der Waals surface area contributed by atoms with Crippen molar-refractivity contribution in [2.24, 2.45) is 0 Å². The molecule has 23 heavy (non-hydrogen) atoms. The summed E-state index contributed by atoms with van der Waals surface area (Å²) in [6.07, 6.45) is 0. The molecule has 0 fully saturated rings. The molecule has 120 valence electrons. The molecule has 0 aliphatic carbocycles. The predicted octanol–water partition coefficient (Wildman–Crippen LogP) is 3.84. The minimum absolute atomic E-state index is 0.0414. The summed E-state index contributed by atoms with van der Waals surface area (Å²) in [5.74, 6) is 0.820. The third-order valence-electron chi connectivity index (χ3n) is 4.38. The van der Waals surface area contributed by atoms with Gasteiger partial charge in [0, 0.05) is 17.3 Å². The highest BCUT2D eigenvalue weighted by atomic mass is 16.5. The largest absolute Gasteiger partial charge is 0.497 e. The number of nitrogens with zero attached hydrogens (tertiary/aromatic N) is 1. The Kier molecular flexibility index (Phi) is 3.76. The number of ether oxygens (including phenoxy) is 1. The van der Waals surface area contributed by atoms with Crippen molar-refractivity contribution < 1.29 is 9.53 Å². The van der Waals surface area contributed by atoms with Gasteiger partial charge in [-0.3, -0.25) is 4.79 Å². The Hall–Kier alpha value is -2.49. The molecule has 4 nitrogen and oxygen atoms in total. The highest BCUT2D eigenvalue weighted by molar-refractivity contribution is 6.02. The first-order chi connectivity index (χ1) is 11.0. The average molecular weight is 310 g/mol. The van der Waals surface area contributed by atoms with Crippen molar-refractivity contribution in [3.8, 4) is 5.75 Å². The summed E-state index contributed by atoms with van der Waals surface area (Å²) in [5.41, 5.74) is 1.93. The van der Waals surface area contributed by atoms with Crippen LogP contribution in [0.15, 0.2) is 48.5 Å². The SMILES string of the molecule is COc1cccc(C2(C)Nc3ccccc3C(=O)N2C(C)C)c1. The van der Waals surface area contributed by atoms with Crippen LogP contribution in [0.5, 0.6) is 5.75 Å². The number of benzene rings is 2. The molecule has 2 aromatic carbocycles. The Bertz CT molecular complexity index is 742. The molecule has 1 atom stereocenters. The molecule has 1 heterocycles. The number of nitrogens with one attached hydrogen (secondary N) is 1. The monoisotopic (exact) mass is 310 g/mol. The smallest absolute Gasteiger partial charge is 0.258 e. The van der Waals surface area contributed by atoms with Crippen molar-refractivity contribution in [1.82, 2.24) is 4.90 Å². The first kappa shape index (κ1) is 15.4. The number of para-hydroxylation sites is 1. The minimum Gasteiger partial charge on any atom is -0.497 e. The van der Waals surface area contributed by atoms with Crippen LogP contribution in [-0.2, 0) is 5.66 Å². The summed E-state index contributed by atoms with van der Waals surface area (Å²) in [6.45, 7) is 6.10. The van der Waals surface area contributed by atoms with Gasteiger partial charge in [-0.2, -0.15) is 0 Å². The van der Waals surface area contributed by atoms with Crippen LogP contribution >= 0.6 is 0 Å². The van der Waals surface area contributed by atoms with Crippen LogP contribution in [0.2, 0.25) is 0 Å². The number of carbonyl (C=O) groups excluding carboxylic acids is 1. The summed E-state index contributed by atoms with van der Waals surface area (Å²) in [5, 5.41) is 3.55. The van der Waals surface area contributed by atoms with E-state index in [1.807, 2.05) is 74.2 Å². The van der Waals surface area contributed by atoms with Crippen molar-refractivity contribution >= 4 is 11.6 Å². The maximum atomic E-state index is 13.1. The van der Waals surface area contributed by atoms with Crippen molar-refractivity contribution in [3.63, 3.8) is 0 Å². The van der Waals surface area contributed by atoms with E-state index >= 15 is 0 Å². The molecule has 1 amide bonds. The predicted molar refractivity (Wildman–Crippen MR) is 91.7 cm³/mol. The second-order valence-corrected chi connectivity index (χ2v) is 6.24. The number of amides is 1. The van der Waals surface area contributed by atoms with Crippen LogP contribution < -0.4 is 10.1 Å². The third kappa shape index (κ3) is 2.44. The van der Waals surface area contributed by atoms with Crippen molar-refractivity contribution in [2.75, 3.05) is 12.4 Å². The quantitative estimate of drug-likeness (QED) is 0.936. The van der Waals surface area contributed by atoms with E-state index in [0.717, 1.165) is 17.0 Å². The summed E-state index contributed by atoms with van der Waals surface area (Å²) < 4.78 is 5.35. The molecule has 2 aromatic rings. The van der Waals surface area contributed by atoms with E-state index in [0.29, 0.717) is 5.56 Å². The van der Waals surface area contributed by atoms with E-state index in [1.165, 1.54) is 0 Å². The van der Waals surface area contributed by atoms with E-state index in [4.69, 9.17) is 4.74 Å². The maximum Gasteiger partial charge on any atom is 0.258 e. The highest BCUT2D eigenvalue weighted by Crippen LogP contribution is 2.39. The van der Waals surface area contributed by atoms with Gasteiger partial charge in [0.15, 0.2) is 0 Å². The molecule has 3 rings (SSSR count). The normalized spacial score (nSPS) is 20.2. The Morgan fingerprint density at radius 1 is 1.13 bits per heavy atom. The van der Waals surface area contributed by atoms with Crippen LogP contribution in [0, 0.1) is 0 Å². The zero-order valence-corrected chi connectivity index (χ0v) is 14.0. The van der Waals surface area contributed by atoms with Gasteiger partial charge in [0.25, 0.3) is 5.91 Å². The fraction of sp³-hybridized carbons (Fsp3) is 0.316. The van der Waals surface area contributed by atoms with E-state index in [9.17, 15) is 4.79 Å². The number of fused-ring (bicyclic) bond motifs is 1. The topological polar surface area (TPSA) is 41.6 Å². The molecular formula is C19H22N2O2. The fourth-order valence-electron chi connectivity index (χ4n) is 3.32. The van der Waals surface area contributed by atoms with Crippen molar-refractivity contribution in [1.29, 1.82) is 0 Å². The van der Waals surface area contributed by atoms with Gasteiger partial charge in [0.2, 0.25) is 0 Å². The number of carbonyl (C=O) groups is 1. The van der Waals surface area contributed by atoms with Gasteiger partial charge in [-0.05, 0) is 45.0 Å². The van der Waals surface area contributed by atoms with E-state index in [-0.39, 0.29) is 11.9 Å². The van der Waals surface area contributed by atoms with Gasteiger partial charge in [0.1, 0.15) is 11.4 Å². The van der Waals surface area contributed by atoms with Crippen LogP contribution in [0.25, 0.3) is 0 Å². The summed E-state index contributed by atoms with van der Waals surface area (Å²) in [4.78, 5) is 14.9. The molecule has 0 spiro atoms. The molecule has 4 heteroatoms. The zero-order chi connectivity index (χ0) is 16.6. The highest BCUT2D eigenvalue weighted by Gasteiger charge is 2.43. The first-order valence-corrected chi connectivity index (χ1v) is 7.83. The molecule has 1 aliphatic heterocycles. The number of anilines is 1. The molecule has 0 saturated heterocycles. The lowest BCUT2D eigenvalue weighted by molar-refractivity contribution is 0.0433. The Morgan fingerprint density at radius 3 is 2.57 bits per heavy atom. The first-order valence-electron chi connectivity index (χ1n) is 7.83. The molecule has 0 saturated carbocycles. The lowest BCUT2D eigenvalue weighted by atomic mass is 9.92. The molecule has 0 aromatic heterocycles. The van der Waals surface area contributed by atoms with E-state index in [1.54, 1.807) is 7.11 Å². The van der Waals surface area contributed by atoms with Gasteiger partial charge in [-0.25, -0.2) is 0 Å². The second kappa shape index (κ2) is 5.61. The standard InChI is InChI=1S/C19H22N2O2/c1-13(2)21-18(22)16-10-5-6-11-17(16)20-19(21,3)14-8-7-9-15(12-14)23-4/h5-13,20H,1-4H3. The molecule has 1 unspecified atom stereocenters. The molecule has 0 radical (unpaired) electrons. The summed E-state index contributed by atoms with van der Waals surface area (Å²) in [7, 11) is 1.65. The van der Waals surface area contributed by atoms with Gasteiger partial charge in [-0.1, -0.05) is 24.3 Å². The lowest BCUT2D eigenvalue weighted by Gasteiger charge is -2.48. The molecule has 0 bridgehead atoms. The minimum atomic E-state index is -0.631. The van der Waals surface area contributed by atoms with Crippen LogP contribution in [-0.4, -0.2) is 24.0 Å². The maximum absolute atomic E-state index is 13.1. The Labute approximate surface area is 137 Å². The van der Waals surface area contributed by atoms with E-state index < -0.39 is 5.66 Å². The summed E-state index contributed by atoms with van der Waals surface area (Å²) in [6, 6.07) is 15.6. The summed E-state index contributed by atoms with van der Waals surface area (Å²) >= 11 is 0. The average Bonchev–Trinajstić information content (AvgIpc) is 2.54. The lowest BCUT2D eigenvalue weighted by Crippen LogP contribution is -2.58. The second-order valence-electron chi connectivity index (χ2n) is 6.24. The molecule has 1 aliphatic rings. The van der Waals surface area contributed by atoms with Gasteiger partial charge < -0.3 is 15.0 Å². The van der Waals surface area contributed by atoms with Crippen molar-refractivity contribution in [2.45, 2.75) is 32.5 Å². The number of rotatable bonds is 3.